The number of hydrogen-bond acceptors (Lipinski definition) is 6. The fourth-order valence-corrected chi connectivity index (χ4v) is 1.51. The molecule has 0 unspecified atom stereocenters. The minimum Gasteiger partial charge on any atom is -0.444 e. The molecule has 0 aromatic carbocycles. The van der Waals surface area contributed by atoms with Crippen LogP contribution in [0.25, 0.3) is 0 Å². The zero-order valence-electron chi connectivity index (χ0n) is 12.1. The number of ether oxygens (including phenoxy) is 1. The van der Waals surface area contributed by atoms with Gasteiger partial charge in [-0.3, -0.25) is 10.3 Å². The van der Waals surface area contributed by atoms with Gasteiger partial charge in [-0.2, -0.15) is 5.10 Å². The molecule has 2 aromatic rings. The number of amides is 1. The van der Waals surface area contributed by atoms with Crippen molar-refractivity contribution in [3.05, 3.63) is 36.8 Å². The number of carbonyl (C=O) groups excluding carboxylic acids is 1. The van der Waals surface area contributed by atoms with E-state index in [1.807, 2.05) is 0 Å². The first-order valence-electron chi connectivity index (χ1n) is 6.42. The number of hydrogen-bond donors (Lipinski definition) is 2. The van der Waals surface area contributed by atoms with E-state index < -0.39 is 11.7 Å². The van der Waals surface area contributed by atoms with Gasteiger partial charge in [0, 0.05) is 6.20 Å². The van der Waals surface area contributed by atoms with Gasteiger partial charge in [-0.25, -0.2) is 4.79 Å². The second-order valence-electron chi connectivity index (χ2n) is 5.32. The molecule has 0 aliphatic rings. The van der Waals surface area contributed by atoms with Crippen LogP contribution in [-0.4, -0.2) is 26.9 Å². The molecule has 0 aliphatic carbocycles. The van der Waals surface area contributed by atoms with Gasteiger partial charge in [0.1, 0.15) is 5.60 Å². The zero-order valence-corrected chi connectivity index (χ0v) is 12.1. The molecule has 21 heavy (non-hydrogen) atoms. The number of anilines is 3. The van der Waals surface area contributed by atoms with E-state index in [2.05, 4.69) is 25.8 Å². The highest BCUT2D eigenvalue weighted by Gasteiger charge is 2.16. The summed E-state index contributed by atoms with van der Waals surface area (Å²) in [5, 5.41) is 13.3. The number of aromatic nitrogens is 3. The maximum absolute atomic E-state index is 11.7. The standard InChI is InChI=1S/C14H17N5O2/c1-14(2,3)21-13(20)18-11-7-10(8-15-9-11)17-12-5-4-6-16-19-12/h4-9H,1-3H3,(H,17,19)(H,18,20). The van der Waals surface area contributed by atoms with Crippen molar-refractivity contribution in [2.24, 2.45) is 0 Å². The second-order valence-corrected chi connectivity index (χ2v) is 5.32. The van der Waals surface area contributed by atoms with E-state index in [0.717, 1.165) is 0 Å². The largest absolute Gasteiger partial charge is 0.444 e. The summed E-state index contributed by atoms with van der Waals surface area (Å²) >= 11 is 0. The lowest BCUT2D eigenvalue weighted by Gasteiger charge is -2.19. The van der Waals surface area contributed by atoms with Gasteiger partial charge in [0.05, 0.1) is 23.8 Å². The predicted molar refractivity (Wildman–Crippen MR) is 79.4 cm³/mol. The van der Waals surface area contributed by atoms with Gasteiger partial charge >= 0.3 is 6.09 Å². The van der Waals surface area contributed by atoms with Crippen LogP contribution in [0.1, 0.15) is 20.8 Å². The third-order valence-corrected chi connectivity index (χ3v) is 2.23. The number of rotatable bonds is 3. The summed E-state index contributed by atoms with van der Waals surface area (Å²) in [6, 6.07) is 5.28. The van der Waals surface area contributed by atoms with Gasteiger partial charge < -0.3 is 10.1 Å². The van der Waals surface area contributed by atoms with E-state index in [1.54, 1.807) is 51.4 Å². The van der Waals surface area contributed by atoms with Crippen LogP contribution in [0, 0.1) is 0 Å². The Morgan fingerprint density at radius 2 is 2.00 bits per heavy atom. The van der Waals surface area contributed by atoms with Crippen molar-refractivity contribution in [2.75, 3.05) is 10.6 Å². The molecule has 2 rings (SSSR count). The minimum absolute atomic E-state index is 0.526. The molecule has 2 aromatic heterocycles. The lowest BCUT2D eigenvalue weighted by molar-refractivity contribution is 0.0636. The van der Waals surface area contributed by atoms with Crippen molar-refractivity contribution < 1.29 is 9.53 Å². The first kappa shape index (κ1) is 14.7. The van der Waals surface area contributed by atoms with E-state index >= 15 is 0 Å². The maximum Gasteiger partial charge on any atom is 0.412 e. The zero-order chi connectivity index (χ0) is 15.3. The molecule has 2 N–H and O–H groups in total. The summed E-state index contributed by atoms with van der Waals surface area (Å²) in [4.78, 5) is 15.7. The highest BCUT2D eigenvalue weighted by molar-refractivity contribution is 5.85. The second kappa shape index (κ2) is 6.17. The summed E-state index contributed by atoms with van der Waals surface area (Å²) < 4.78 is 5.18. The van der Waals surface area contributed by atoms with Crippen LogP contribution in [0.2, 0.25) is 0 Å². The van der Waals surface area contributed by atoms with Gasteiger partial charge in [-0.05, 0) is 39.0 Å². The molecule has 0 atom stereocenters. The molecule has 7 nitrogen and oxygen atoms in total. The van der Waals surface area contributed by atoms with Crippen LogP contribution in [0.4, 0.5) is 22.0 Å². The Hall–Kier alpha value is -2.70. The average molecular weight is 287 g/mol. The van der Waals surface area contributed by atoms with Crippen molar-refractivity contribution in [1.82, 2.24) is 15.2 Å². The third kappa shape index (κ3) is 5.06. The molecule has 0 spiro atoms. The van der Waals surface area contributed by atoms with Crippen molar-refractivity contribution in [3.63, 3.8) is 0 Å². The Kier molecular flexibility index (Phi) is 4.32. The monoisotopic (exact) mass is 287 g/mol. The first-order chi connectivity index (χ1) is 9.92. The predicted octanol–water partition coefficient (Wildman–Crippen LogP) is 2.96. The van der Waals surface area contributed by atoms with Crippen molar-refractivity contribution in [1.29, 1.82) is 0 Å². The van der Waals surface area contributed by atoms with Crippen molar-refractivity contribution >= 4 is 23.3 Å². The summed E-state index contributed by atoms with van der Waals surface area (Å²) in [6.07, 6.45) is 4.21. The Labute approximate surface area is 122 Å². The Bertz CT molecular complexity index is 610. The van der Waals surface area contributed by atoms with E-state index in [0.29, 0.717) is 17.2 Å². The quantitative estimate of drug-likeness (QED) is 0.902. The molecule has 2 heterocycles. The van der Waals surface area contributed by atoms with Gasteiger partial charge in [0.25, 0.3) is 0 Å². The molecule has 0 bridgehead atoms. The molecule has 110 valence electrons. The summed E-state index contributed by atoms with van der Waals surface area (Å²) in [5.74, 6) is 0.591. The third-order valence-electron chi connectivity index (χ3n) is 2.23. The molecular formula is C14H17N5O2. The SMILES string of the molecule is CC(C)(C)OC(=O)Nc1cncc(Nc2cccnn2)c1. The number of carbonyl (C=O) groups is 1. The van der Waals surface area contributed by atoms with Crippen LogP contribution < -0.4 is 10.6 Å². The number of nitrogens with zero attached hydrogens (tertiary/aromatic N) is 3. The van der Waals surface area contributed by atoms with Crippen molar-refractivity contribution in [2.45, 2.75) is 26.4 Å². The highest BCUT2D eigenvalue weighted by Crippen LogP contribution is 2.17. The first-order valence-corrected chi connectivity index (χ1v) is 6.42. The van der Waals surface area contributed by atoms with Crippen LogP contribution in [0.5, 0.6) is 0 Å². The molecule has 0 radical (unpaired) electrons. The summed E-state index contributed by atoms with van der Waals surface area (Å²) in [7, 11) is 0. The molecule has 7 heteroatoms. The molecule has 1 amide bonds. The van der Waals surface area contributed by atoms with Crippen molar-refractivity contribution in [3.8, 4) is 0 Å². The molecule has 0 saturated carbocycles. The molecule has 0 saturated heterocycles. The van der Waals surface area contributed by atoms with E-state index in [4.69, 9.17) is 4.74 Å². The van der Waals surface area contributed by atoms with Gasteiger partial charge in [-0.1, -0.05) is 0 Å². The summed E-state index contributed by atoms with van der Waals surface area (Å²) in [6.45, 7) is 5.41. The van der Waals surface area contributed by atoms with E-state index in [9.17, 15) is 4.79 Å². The average Bonchev–Trinajstić information content (AvgIpc) is 2.38. The Balaban J connectivity index is 2.03. The van der Waals surface area contributed by atoms with E-state index in [1.165, 1.54) is 6.20 Å². The number of pyridine rings is 1. The van der Waals surface area contributed by atoms with Gasteiger partial charge in [0.2, 0.25) is 0 Å². The van der Waals surface area contributed by atoms with E-state index in [-0.39, 0.29) is 0 Å². The van der Waals surface area contributed by atoms with Crippen LogP contribution in [0.15, 0.2) is 36.8 Å². The maximum atomic E-state index is 11.7. The smallest absolute Gasteiger partial charge is 0.412 e. The lowest BCUT2D eigenvalue weighted by atomic mass is 10.2. The van der Waals surface area contributed by atoms with Crippen LogP contribution >= 0.6 is 0 Å². The topological polar surface area (TPSA) is 89.0 Å². The lowest BCUT2D eigenvalue weighted by Crippen LogP contribution is -2.27. The molecule has 0 aliphatic heterocycles. The van der Waals surface area contributed by atoms with Crippen LogP contribution in [0.3, 0.4) is 0 Å². The highest BCUT2D eigenvalue weighted by atomic mass is 16.6. The number of nitrogens with one attached hydrogen (secondary N) is 2. The fraction of sp³-hybridized carbons (Fsp3) is 0.286. The Morgan fingerprint density at radius 3 is 2.67 bits per heavy atom. The Morgan fingerprint density at radius 1 is 1.24 bits per heavy atom. The van der Waals surface area contributed by atoms with Crippen LogP contribution in [-0.2, 0) is 4.74 Å². The van der Waals surface area contributed by atoms with Gasteiger partial charge in [0.15, 0.2) is 5.82 Å². The molecular weight excluding hydrogens is 270 g/mol. The molecule has 0 fully saturated rings. The summed E-state index contributed by atoms with van der Waals surface area (Å²) in [5.41, 5.74) is 0.662. The normalized spacial score (nSPS) is 10.8. The fourth-order valence-electron chi connectivity index (χ4n) is 1.51. The van der Waals surface area contributed by atoms with Gasteiger partial charge in [-0.15, -0.1) is 5.10 Å². The minimum atomic E-state index is -0.549.